The summed E-state index contributed by atoms with van der Waals surface area (Å²) >= 11 is 0. The largest absolute Gasteiger partial charge is 0.384 e. The third-order valence-corrected chi connectivity index (χ3v) is 1.74. The highest BCUT2D eigenvalue weighted by Gasteiger charge is 1.95. The van der Waals surface area contributed by atoms with Gasteiger partial charge in [-0.25, -0.2) is 0 Å². The molecule has 67 valence electrons. The number of benzene rings is 1. The Bertz CT molecular complexity index is 298. The minimum Gasteiger partial charge on any atom is -0.384 e. The second kappa shape index (κ2) is 4.45. The Morgan fingerprint density at radius 1 is 1.38 bits per heavy atom. The van der Waals surface area contributed by atoms with Crippen molar-refractivity contribution in [2.24, 2.45) is 5.73 Å². The number of hydrogen-bond donors (Lipinski definition) is 2. The summed E-state index contributed by atoms with van der Waals surface area (Å²) in [6, 6.07) is 7.58. The molecule has 0 aliphatic carbocycles. The first-order valence-corrected chi connectivity index (χ1v) is 4.12. The van der Waals surface area contributed by atoms with Gasteiger partial charge in [0.2, 0.25) is 0 Å². The van der Waals surface area contributed by atoms with Crippen molar-refractivity contribution in [3.05, 3.63) is 54.5 Å². The van der Waals surface area contributed by atoms with E-state index in [1.807, 2.05) is 30.3 Å². The maximum atomic E-state index is 7.20. The van der Waals surface area contributed by atoms with Crippen LogP contribution in [0.15, 0.2) is 36.9 Å². The van der Waals surface area contributed by atoms with E-state index in [-0.39, 0.29) is 5.84 Å². The second-order valence-corrected chi connectivity index (χ2v) is 2.76. The topological polar surface area (TPSA) is 49.9 Å². The minimum atomic E-state index is 0.107. The van der Waals surface area contributed by atoms with Gasteiger partial charge in [0.15, 0.2) is 0 Å². The highest BCUT2D eigenvalue weighted by atomic mass is 14.7. The van der Waals surface area contributed by atoms with Crippen molar-refractivity contribution in [3.63, 3.8) is 0 Å². The Balaban J connectivity index is 2.69. The molecule has 2 nitrogen and oxygen atoms in total. The molecule has 0 unspecified atom stereocenters. The van der Waals surface area contributed by atoms with Crippen LogP contribution in [0, 0.1) is 11.8 Å². The quantitative estimate of drug-likeness (QED) is 0.409. The summed E-state index contributed by atoms with van der Waals surface area (Å²) in [5, 5.41) is 7.20. The number of hydrogen-bond acceptors (Lipinski definition) is 1. The zero-order valence-corrected chi connectivity index (χ0v) is 7.46. The van der Waals surface area contributed by atoms with Crippen LogP contribution in [-0.2, 0) is 0 Å². The van der Waals surface area contributed by atoms with Gasteiger partial charge >= 0.3 is 0 Å². The summed E-state index contributed by atoms with van der Waals surface area (Å²) in [5.74, 6) is 0.107. The Morgan fingerprint density at radius 3 is 2.46 bits per heavy atom. The van der Waals surface area contributed by atoms with Crippen LogP contribution in [0.1, 0.15) is 17.5 Å². The van der Waals surface area contributed by atoms with E-state index in [2.05, 4.69) is 13.0 Å². The number of nitrogens with one attached hydrogen (secondary N) is 1. The molecule has 0 saturated heterocycles. The molecule has 0 bridgehead atoms. The molecule has 0 aliphatic heterocycles. The van der Waals surface area contributed by atoms with Crippen LogP contribution in [0.2, 0.25) is 0 Å². The van der Waals surface area contributed by atoms with E-state index in [1.165, 1.54) is 0 Å². The highest BCUT2D eigenvalue weighted by molar-refractivity contribution is 5.94. The van der Waals surface area contributed by atoms with E-state index in [0.717, 1.165) is 17.5 Å². The molecule has 1 aromatic carbocycles. The molecule has 0 heterocycles. The van der Waals surface area contributed by atoms with E-state index in [9.17, 15) is 0 Å². The zero-order valence-electron chi connectivity index (χ0n) is 7.46. The molecule has 0 spiro atoms. The van der Waals surface area contributed by atoms with Gasteiger partial charge in [-0.3, -0.25) is 5.41 Å². The van der Waals surface area contributed by atoms with Crippen molar-refractivity contribution in [3.8, 4) is 0 Å². The lowest BCUT2D eigenvalue weighted by atomic mass is 10.1. The van der Waals surface area contributed by atoms with E-state index in [1.54, 1.807) is 0 Å². The van der Waals surface area contributed by atoms with Crippen LogP contribution in [0.3, 0.4) is 0 Å². The Kier molecular flexibility index (Phi) is 3.26. The van der Waals surface area contributed by atoms with Gasteiger partial charge in [0.05, 0.1) is 0 Å². The van der Waals surface area contributed by atoms with Gasteiger partial charge in [-0.2, -0.15) is 0 Å². The predicted molar refractivity (Wildman–Crippen MR) is 55.7 cm³/mol. The maximum absolute atomic E-state index is 7.20. The first-order chi connectivity index (χ1) is 6.24. The molecule has 0 aromatic heterocycles. The van der Waals surface area contributed by atoms with Crippen LogP contribution >= 0.6 is 0 Å². The first kappa shape index (κ1) is 9.52. The van der Waals surface area contributed by atoms with Crippen molar-refractivity contribution >= 4 is 5.84 Å². The lowest BCUT2D eigenvalue weighted by molar-refractivity contribution is 1.25. The summed E-state index contributed by atoms with van der Waals surface area (Å²) in [4.78, 5) is 0. The summed E-state index contributed by atoms with van der Waals surface area (Å²) in [7, 11) is 0. The van der Waals surface area contributed by atoms with Gasteiger partial charge in [0, 0.05) is 5.56 Å². The van der Waals surface area contributed by atoms with Crippen molar-refractivity contribution in [1.29, 1.82) is 5.41 Å². The fraction of sp³-hybridized carbons (Fsp3) is 0.0909. The Morgan fingerprint density at radius 2 is 2.00 bits per heavy atom. The summed E-state index contributed by atoms with van der Waals surface area (Å²) < 4.78 is 0. The molecule has 13 heavy (non-hydrogen) atoms. The van der Waals surface area contributed by atoms with Gasteiger partial charge < -0.3 is 5.73 Å². The number of amidine groups is 1. The monoisotopic (exact) mass is 173 g/mol. The van der Waals surface area contributed by atoms with E-state index in [4.69, 9.17) is 11.1 Å². The van der Waals surface area contributed by atoms with Crippen LogP contribution in [0.25, 0.3) is 0 Å². The lowest BCUT2D eigenvalue weighted by Crippen LogP contribution is -2.10. The smallest absolute Gasteiger partial charge is 0.122 e. The van der Waals surface area contributed by atoms with Crippen molar-refractivity contribution in [1.82, 2.24) is 0 Å². The fourth-order valence-corrected chi connectivity index (χ4v) is 1.02. The van der Waals surface area contributed by atoms with Crippen LogP contribution in [0.4, 0.5) is 0 Å². The first-order valence-electron chi connectivity index (χ1n) is 4.12. The molecule has 0 aliphatic rings. The van der Waals surface area contributed by atoms with Crippen molar-refractivity contribution in [2.75, 3.05) is 0 Å². The normalized spacial score (nSPS) is 9.54. The third-order valence-electron chi connectivity index (χ3n) is 1.74. The van der Waals surface area contributed by atoms with Crippen LogP contribution < -0.4 is 5.73 Å². The van der Waals surface area contributed by atoms with Gasteiger partial charge in [0.1, 0.15) is 5.84 Å². The fourth-order valence-electron chi connectivity index (χ4n) is 1.02. The van der Waals surface area contributed by atoms with Gasteiger partial charge in [-0.15, -0.1) is 6.58 Å². The Labute approximate surface area is 78.6 Å². The highest BCUT2D eigenvalue weighted by Crippen LogP contribution is 2.07. The number of rotatable bonds is 4. The predicted octanol–water partition coefficient (Wildman–Crippen LogP) is 2.10. The zero-order chi connectivity index (χ0) is 9.68. The standard InChI is InChI=1S/C11H13N2/c1-2-3-4-9-5-7-10(8-6-9)11(12)13/h2,4-8H,1,3H2,(H3,12,13). The average Bonchev–Trinajstić information content (AvgIpc) is 2.15. The molecule has 1 radical (unpaired) electrons. The number of nitrogen functional groups attached to an aromatic ring is 1. The molecule has 1 rings (SSSR count). The van der Waals surface area contributed by atoms with E-state index < -0.39 is 0 Å². The average molecular weight is 173 g/mol. The second-order valence-electron chi connectivity index (χ2n) is 2.76. The molecular weight excluding hydrogens is 160 g/mol. The van der Waals surface area contributed by atoms with Gasteiger partial charge in [-0.05, 0) is 18.4 Å². The lowest BCUT2D eigenvalue weighted by Gasteiger charge is -2.00. The third kappa shape index (κ3) is 2.75. The molecule has 1 aromatic rings. The number of allylic oxidation sites excluding steroid dienone is 1. The summed E-state index contributed by atoms with van der Waals surface area (Å²) in [6.07, 6.45) is 4.77. The van der Waals surface area contributed by atoms with Crippen LogP contribution in [-0.4, -0.2) is 5.84 Å². The molecule has 2 heteroatoms. The molecule has 0 amide bonds. The SMILES string of the molecule is C=CC[CH]c1ccc(C(=N)N)cc1. The molecule has 3 N–H and O–H groups in total. The number of nitrogens with two attached hydrogens (primary N) is 1. The summed E-state index contributed by atoms with van der Waals surface area (Å²) in [5.41, 5.74) is 7.21. The molecule has 0 saturated carbocycles. The van der Waals surface area contributed by atoms with Crippen LogP contribution in [0.5, 0.6) is 0 Å². The maximum Gasteiger partial charge on any atom is 0.122 e. The Hall–Kier alpha value is -1.57. The van der Waals surface area contributed by atoms with Gasteiger partial charge in [-0.1, -0.05) is 30.3 Å². The van der Waals surface area contributed by atoms with Crippen molar-refractivity contribution in [2.45, 2.75) is 6.42 Å². The molecular formula is C11H13N2. The van der Waals surface area contributed by atoms with Crippen molar-refractivity contribution < 1.29 is 0 Å². The molecule has 0 fully saturated rings. The van der Waals surface area contributed by atoms with E-state index >= 15 is 0 Å². The minimum absolute atomic E-state index is 0.107. The molecule has 0 atom stereocenters. The summed E-state index contributed by atoms with van der Waals surface area (Å²) in [6.45, 7) is 3.64. The van der Waals surface area contributed by atoms with Gasteiger partial charge in [0.25, 0.3) is 0 Å². The van der Waals surface area contributed by atoms with E-state index in [0.29, 0.717) is 0 Å².